The number of nitrogens with one attached hydrogen (secondary N) is 1. The summed E-state index contributed by atoms with van der Waals surface area (Å²) in [5.74, 6) is 0. The molecule has 0 aromatic carbocycles. The average molecular weight is 81.1 g/mol. The highest BCUT2D eigenvalue weighted by atomic mass is 15.0. The smallest absolute Gasteiger partial charge is 0.0466 e. The molecule has 0 amide bonds. The summed E-state index contributed by atoms with van der Waals surface area (Å²) in [6.45, 7) is 2.20. The zero-order chi connectivity index (χ0) is 4.15. The molecule has 2 aliphatic rings. The zero-order valence-corrected chi connectivity index (χ0v) is 3.78. The lowest BCUT2D eigenvalue weighted by atomic mass is 10.2. The second-order valence-corrected chi connectivity index (χ2v) is 2.05. The van der Waals surface area contributed by atoms with Gasteiger partial charge in [0, 0.05) is 18.2 Å². The van der Waals surface area contributed by atoms with Crippen molar-refractivity contribution >= 4 is 0 Å². The quantitative estimate of drug-likeness (QED) is 0.451. The highest BCUT2D eigenvalue weighted by Gasteiger charge is 2.36. The van der Waals surface area contributed by atoms with E-state index in [1.165, 1.54) is 12.1 Å². The van der Waals surface area contributed by atoms with E-state index < -0.39 is 0 Å². The Morgan fingerprint density at radius 2 is 2.67 bits per heavy atom. The Bertz CT molecular complexity index is 124. The third-order valence-electron chi connectivity index (χ3n) is 1.54. The lowest BCUT2D eigenvalue weighted by Gasteiger charge is -2.12. The highest BCUT2D eigenvalue weighted by molar-refractivity contribution is 5.46. The predicted molar refractivity (Wildman–Crippen MR) is 24.2 cm³/mol. The van der Waals surface area contributed by atoms with E-state index in [-0.39, 0.29) is 0 Å². The van der Waals surface area contributed by atoms with Crippen LogP contribution in [0.2, 0.25) is 0 Å². The SMILES string of the molecule is CC1NC2=C1C2. The molecule has 0 aromatic heterocycles. The maximum Gasteiger partial charge on any atom is 0.0466 e. The molecule has 1 unspecified atom stereocenters. The normalized spacial score (nSPS) is 37.2. The summed E-state index contributed by atoms with van der Waals surface area (Å²) in [5, 5.41) is 3.26. The summed E-state index contributed by atoms with van der Waals surface area (Å²) in [6.07, 6.45) is 1.29. The van der Waals surface area contributed by atoms with Crippen LogP contribution in [0.1, 0.15) is 13.3 Å². The van der Waals surface area contributed by atoms with Crippen molar-refractivity contribution < 1.29 is 0 Å². The lowest BCUT2D eigenvalue weighted by Crippen LogP contribution is -2.25. The Morgan fingerprint density at radius 3 is 2.67 bits per heavy atom. The third kappa shape index (κ3) is 0.125. The molecule has 0 fully saturated rings. The van der Waals surface area contributed by atoms with E-state index in [0.29, 0.717) is 0 Å². The molecule has 1 atom stereocenters. The molecule has 1 N–H and O–H groups in total. The van der Waals surface area contributed by atoms with Gasteiger partial charge in [-0.15, -0.1) is 0 Å². The fourth-order valence-electron chi connectivity index (χ4n) is 0.975. The summed E-state index contributed by atoms with van der Waals surface area (Å²) in [4.78, 5) is 0. The molecule has 1 aliphatic heterocycles. The van der Waals surface area contributed by atoms with E-state index in [2.05, 4.69) is 12.2 Å². The Labute approximate surface area is 37.0 Å². The molecular formula is C5H7N. The third-order valence-corrected chi connectivity index (χ3v) is 1.54. The standard InChI is InChI=1S/C5H7N/c1-3-4-2-5(4)6-3/h3,6H,2H2,1H3. The van der Waals surface area contributed by atoms with Crippen LogP contribution >= 0.6 is 0 Å². The van der Waals surface area contributed by atoms with Crippen LogP contribution in [-0.2, 0) is 0 Å². The van der Waals surface area contributed by atoms with Gasteiger partial charge in [0.1, 0.15) is 0 Å². The van der Waals surface area contributed by atoms with Crippen LogP contribution in [0.3, 0.4) is 0 Å². The Morgan fingerprint density at radius 1 is 1.83 bits per heavy atom. The van der Waals surface area contributed by atoms with Gasteiger partial charge in [-0.05, 0) is 12.5 Å². The van der Waals surface area contributed by atoms with Gasteiger partial charge in [-0.1, -0.05) is 0 Å². The molecule has 6 heavy (non-hydrogen) atoms. The van der Waals surface area contributed by atoms with Crippen molar-refractivity contribution in [3.8, 4) is 0 Å². The van der Waals surface area contributed by atoms with Gasteiger partial charge in [0.25, 0.3) is 0 Å². The van der Waals surface area contributed by atoms with Gasteiger partial charge in [0.2, 0.25) is 0 Å². The van der Waals surface area contributed by atoms with Crippen LogP contribution in [0.15, 0.2) is 11.3 Å². The first-order valence-corrected chi connectivity index (χ1v) is 2.36. The number of allylic oxidation sites excluding steroid dienone is 1. The van der Waals surface area contributed by atoms with E-state index in [4.69, 9.17) is 0 Å². The maximum atomic E-state index is 3.26. The largest absolute Gasteiger partial charge is 0.382 e. The van der Waals surface area contributed by atoms with Gasteiger partial charge in [-0.3, -0.25) is 0 Å². The summed E-state index contributed by atoms with van der Waals surface area (Å²) in [7, 11) is 0. The number of hydrogen-bond acceptors (Lipinski definition) is 1. The molecule has 0 aromatic rings. The van der Waals surface area contributed by atoms with Crippen LogP contribution < -0.4 is 5.32 Å². The molecule has 1 nitrogen and oxygen atoms in total. The monoisotopic (exact) mass is 81.1 g/mol. The summed E-state index contributed by atoms with van der Waals surface area (Å²) in [5.41, 5.74) is 3.18. The predicted octanol–water partition coefficient (Wildman–Crippen LogP) is 0.636. The molecule has 0 saturated carbocycles. The molecule has 1 heteroatoms. The van der Waals surface area contributed by atoms with Gasteiger partial charge in [0.15, 0.2) is 0 Å². The second kappa shape index (κ2) is 0.512. The van der Waals surface area contributed by atoms with Crippen molar-refractivity contribution in [1.29, 1.82) is 0 Å². The topological polar surface area (TPSA) is 12.0 Å². The van der Waals surface area contributed by atoms with E-state index in [9.17, 15) is 0 Å². The van der Waals surface area contributed by atoms with Crippen LogP contribution in [0, 0.1) is 0 Å². The van der Waals surface area contributed by atoms with Gasteiger partial charge in [-0.2, -0.15) is 0 Å². The van der Waals surface area contributed by atoms with E-state index in [0.717, 1.165) is 6.04 Å². The van der Waals surface area contributed by atoms with Crippen molar-refractivity contribution in [3.63, 3.8) is 0 Å². The number of hydrogen-bond donors (Lipinski definition) is 1. The van der Waals surface area contributed by atoms with Crippen LogP contribution in [0.4, 0.5) is 0 Å². The minimum absolute atomic E-state index is 0.736. The van der Waals surface area contributed by atoms with Crippen molar-refractivity contribution in [2.75, 3.05) is 0 Å². The van der Waals surface area contributed by atoms with Crippen molar-refractivity contribution in [1.82, 2.24) is 5.32 Å². The summed E-state index contributed by atoms with van der Waals surface area (Å²) in [6, 6.07) is 0.736. The first-order valence-electron chi connectivity index (χ1n) is 2.36. The molecule has 32 valence electrons. The molecule has 0 radical (unpaired) electrons. The molecule has 2 rings (SSSR count). The summed E-state index contributed by atoms with van der Waals surface area (Å²) < 4.78 is 0. The summed E-state index contributed by atoms with van der Waals surface area (Å²) >= 11 is 0. The molecule has 1 aliphatic carbocycles. The minimum Gasteiger partial charge on any atom is -0.382 e. The van der Waals surface area contributed by atoms with Gasteiger partial charge >= 0.3 is 0 Å². The van der Waals surface area contributed by atoms with E-state index in [1.54, 1.807) is 5.57 Å². The highest BCUT2D eigenvalue weighted by Crippen LogP contribution is 2.39. The van der Waals surface area contributed by atoms with Gasteiger partial charge < -0.3 is 5.32 Å². The zero-order valence-electron chi connectivity index (χ0n) is 3.78. The molecular weight excluding hydrogens is 74.1 g/mol. The Hall–Kier alpha value is -0.460. The Balaban J connectivity index is 2.32. The van der Waals surface area contributed by atoms with Gasteiger partial charge in [-0.25, -0.2) is 0 Å². The first-order chi connectivity index (χ1) is 2.88. The fourth-order valence-corrected chi connectivity index (χ4v) is 0.975. The minimum atomic E-state index is 0.736. The van der Waals surface area contributed by atoms with E-state index >= 15 is 0 Å². The van der Waals surface area contributed by atoms with E-state index in [1.807, 2.05) is 0 Å². The van der Waals surface area contributed by atoms with Crippen molar-refractivity contribution in [2.45, 2.75) is 19.4 Å². The number of rotatable bonds is 0. The maximum absolute atomic E-state index is 3.26. The van der Waals surface area contributed by atoms with Gasteiger partial charge in [0.05, 0.1) is 0 Å². The van der Waals surface area contributed by atoms with Crippen LogP contribution in [0.5, 0.6) is 0 Å². The molecule has 0 bridgehead atoms. The van der Waals surface area contributed by atoms with Crippen LogP contribution in [-0.4, -0.2) is 6.04 Å². The van der Waals surface area contributed by atoms with Crippen LogP contribution in [0.25, 0.3) is 0 Å². The average Bonchev–Trinajstić information content (AvgIpc) is 2.12. The fraction of sp³-hybridized carbons (Fsp3) is 0.600. The molecule has 0 saturated heterocycles. The Kier molecular flexibility index (Phi) is 0.228. The second-order valence-electron chi connectivity index (χ2n) is 2.05. The molecule has 0 spiro atoms. The first kappa shape index (κ1) is 2.67. The van der Waals surface area contributed by atoms with Crippen molar-refractivity contribution in [2.24, 2.45) is 0 Å². The lowest BCUT2D eigenvalue weighted by molar-refractivity contribution is 0.701. The van der Waals surface area contributed by atoms with Crippen molar-refractivity contribution in [3.05, 3.63) is 11.3 Å². The molecule has 1 heterocycles.